The van der Waals surface area contributed by atoms with Crippen molar-refractivity contribution in [2.24, 2.45) is 0 Å². The average Bonchev–Trinajstić information content (AvgIpc) is 3.01. The normalized spacial score (nSPS) is 20.9. The van der Waals surface area contributed by atoms with Crippen LogP contribution < -0.4 is 5.73 Å². The summed E-state index contributed by atoms with van der Waals surface area (Å²) < 4.78 is 0. The smallest absolute Gasteiger partial charge is 0.257 e. The fourth-order valence-electron chi connectivity index (χ4n) is 3.49. The molecule has 114 valence electrons. The van der Waals surface area contributed by atoms with Gasteiger partial charge in [-0.25, -0.2) is 0 Å². The average molecular weight is 288 g/mol. The van der Waals surface area contributed by atoms with Gasteiger partial charge in [0.15, 0.2) is 0 Å². The van der Waals surface area contributed by atoms with E-state index in [9.17, 15) is 4.79 Å². The number of amides is 1. The molecule has 0 bridgehead atoms. The van der Waals surface area contributed by atoms with E-state index < -0.39 is 0 Å². The summed E-state index contributed by atoms with van der Waals surface area (Å²) in [6.07, 6.45) is 6.96. The molecule has 1 saturated carbocycles. The minimum absolute atomic E-state index is 0.0195. The van der Waals surface area contributed by atoms with Gasteiger partial charge in [-0.05, 0) is 25.8 Å². The van der Waals surface area contributed by atoms with Gasteiger partial charge in [-0.1, -0.05) is 12.8 Å². The summed E-state index contributed by atoms with van der Waals surface area (Å²) in [5.74, 6) is 0.0195. The highest BCUT2D eigenvalue weighted by Gasteiger charge is 2.28. The number of carbonyl (C=O) groups excluding carboxylic acids is 1. The molecule has 2 N–H and O–H groups in total. The van der Waals surface area contributed by atoms with Crippen LogP contribution in [0.1, 0.15) is 41.7 Å². The van der Waals surface area contributed by atoms with Crippen molar-refractivity contribution in [2.45, 2.75) is 38.6 Å². The molecule has 1 aliphatic carbocycles. The lowest BCUT2D eigenvalue weighted by atomic mass is 10.1. The Morgan fingerprint density at radius 2 is 1.90 bits per heavy atom. The maximum Gasteiger partial charge on any atom is 0.257 e. The van der Waals surface area contributed by atoms with Crippen molar-refractivity contribution >= 4 is 11.6 Å². The van der Waals surface area contributed by atoms with Gasteiger partial charge in [-0.15, -0.1) is 0 Å². The van der Waals surface area contributed by atoms with Crippen molar-refractivity contribution < 1.29 is 4.79 Å². The van der Waals surface area contributed by atoms with Crippen molar-refractivity contribution in [1.82, 2.24) is 14.8 Å². The van der Waals surface area contributed by atoms with Crippen molar-refractivity contribution in [3.05, 3.63) is 23.5 Å². The summed E-state index contributed by atoms with van der Waals surface area (Å²) in [5, 5.41) is 0. The van der Waals surface area contributed by atoms with Gasteiger partial charge in [0, 0.05) is 49.8 Å². The molecule has 2 fully saturated rings. The van der Waals surface area contributed by atoms with E-state index in [-0.39, 0.29) is 5.91 Å². The number of pyridine rings is 1. The second-order valence-electron chi connectivity index (χ2n) is 6.18. The van der Waals surface area contributed by atoms with Crippen LogP contribution in [-0.2, 0) is 0 Å². The number of nitrogens with two attached hydrogens (primary N) is 1. The summed E-state index contributed by atoms with van der Waals surface area (Å²) in [4.78, 5) is 21.2. The van der Waals surface area contributed by atoms with E-state index in [1.165, 1.54) is 25.7 Å². The number of rotatable bonds is 2. The van der Waals surface area contributed by atoms with Crippen LogP contribution in [0.2, 0.25) is 0 Å². The lowest BCUT2D eigenvalue weighted by Gasteiger charge is -2.38. The van der Waals surface area contributed by atoms with Crippen LogP contribution in [0.4, 0.5) is 5.69 Å². The Balaban J connectivity index is 1.62. The number of nitrogen functional groups attached to an aromatic ring is 1. The maximum atomic E-state index is 12.5. The molecule has 0 radical (unpaired) electrons. The fraction of sp³-hybridized carbons (Fsp3) is 0.625. The molecular formula is C16H24N4O. The summed E-state index contributed by atoms with van der Waals surface area (Å²) in [6.45, 7) is 5.43. The first-order chi connectivity index (χ1) is 10.1. The Hall–Kier alpha value is -1.62. The Morgan fingerprint density at radius 3 is 2.52 bits per heavy atom. The Labute approximate surface area is 126 Å². The van der Waals surface area contributed by atoms with Crippen LogP contribution in [0.3, 0.4) is 0 Å². The molecule has 21 heavy (non-hydrogen) atoms. The molecule has 2 heterocycles. The van der Waals surface area contributed by atoms with Crippen molar-refractivity contribution in [3.8, 4) is 0 Å². The third-order valence-electron chi connectivity index (χ3n) is 4.75. The van der Waals surface area contributed by atoms with E-state index in [2.05, 4.69) is 9.88 Å². The molecule has 0 spiro atoms. The Kier molecular flexibility index (Phi) is 4.10. The highest BCUT2D eigenvalue weighted by Crippen LogP contribution is 2.25. The molecule has 1 saturated heterocycles. The molecule has 1 aromatic heterocycles. The monoisotopic (exact) mass is 288 g/mol. The molecule has 0 aromatic carbocycles. The zero-order valence-electron chi connectivity index (χ0n) is 12.7. The third kappa shape index (κ3) is 3.02. The first-order valence-electron chi connectivity index (χ1n) is 7.90. The van der Waals surface area contributed by atoms with Crippen LogP contribution in [0.5, 0.6) is 0 Å². The quantitative estimate of drug-likeness (QED) is 0.899. The standard InChI is InChI=1S/C16H24N4O/c1-12-10-15(17)14(11-18-12)16(21)20-8-6-19(7-9-20)13-4-2-3-5-13/h10-11,13H,2-9H2,1H3,(H2,17,18). The van der Waals surface area contributed by atoms with Crippen LogP contribution in [0.15, 0.2) is 12.3 Å². The van der Waals surface area contributed by atoms with Gasteiger partial charge in [0.05, 0.1) is 5.56 Å². The number of piperazine rings is 1. The molecular weight excluding hydrogens is 264 g/mol. The third-order valence-corrected chi connectivity index (χ3v) is 4.75. The minimum atomic E-state index is 0.0195. The van der Waals surface area contributed by atoms with Gasteiger partial charge < -0.3 is 10.6 Å². The molecule has 2 aliphatic rings. The summed E-state index contributed by atoms with van der Waals surface area (Å²) in [7, 11) is 0. The van der Waals surface area contributed by atoms with Gasteiger partial charge in [0.1, 0.15) is 0 Å². The van der Waals surface area contributed by atoms with Crippen LogP contribution in [0, 0.1) is 6.92 Å². The number of carbonyl (C=O) groups is 1. The highest BCUT2D eigenvalue weighted by molar-refractivity contribution is 5.98. The topological polar surface area (TPSA) is 62.5 Å². The molecule has 0 unspecified atom stereocenters. The largest absolute Gasteiger partial charge is 0.398 e. The summed E-state index contributed by atoms with van der Waals surface area (Å²) in [6, 6.07) is 2.51. The molecule has 3 rings (SSSR count). The van der Waals surface area contributed by atoms with Gasteiger partial charge in [0.25, 0.3) is 5.91 Å². The van der Waals surface area contributed by atoms with Gasteiger partial charge in [-0.2, -0.15) is 0 Å². The first-order valence-corrected chi connectivity index (χ1v) is 7.90. The number of hydrogen-bond acceptors (Lipinski definition) is 4. The molecule has 0 atom stereocenters. The summed E-state index contributed by atoms with van der Waals surface area (Å²) >= 11 is 0. The van der Waals surface area contributed by atoms with E-state index in [1.54, 1.807) is 12.3 Å². The first kappa shape index (κ1) is 14.3. The number of aryl methyl sites for hydroxylation is 1. The maximum absolute atomic E-state index is 12.5. The Morgan fingerprint density at radius 1 is 1.24 bits per heavy atom. The van der Waals surface area contributed by atoms with E-state index in [4.69, 9.17) is 5.73 Å². The van der Waals surface area contributed by atoms with Crippen LogP contribution in [-0.4, -0.2) is 52.9 Å². The molecule has 1 amide bonds. The number of hydrogen-bond donors (Lipinski definition) is 1. The van der Waals surface area contributed by atoms with E-state index in [0.717, 1.165) is 37.9 Å². The zero-order chi connectivity index (χ0) is 14.8. The summed E-state index contributed by atoms with van der Waals surface area (Å²) in [5.41, 5.74) is 7.87. The predicted molar refractivity (Wildman–Crippen MR) is 83.1 cm³/mol. The van der Waals surface area contributed by atoms with Crippen LogP contribution >= 0.6 is 0 Å². The number of anilines is 1. The van der Waals surface area contributed by atoms with Crippen LogP contribution in [0.25, 0.3) is 0 Å². The lowest BCUT2D eigenvalue weighted by molar-refractivity contribution is 0.0574. The molecule has 1 aliphatic heterocycles. The zero-order valence-corrected chi connectivity index (χ0v) is 12.7. The highest BCUT2D eigenvalue weighted by atomic mass is 16.2. The second-order valence-corrected chi connectivity index (χ2v) is 6.18. The SMILES string of the molecule is Cc1cc(N)c(C(=O)N2CCN(C3CCCC3)CC2)cn1. The lowest BCUT2D eigenvalue weighted by Crippen LogP contribution is -2.51. The second kappa shape index (κ2) is 6.02. The van der Waals surface area contributed by atoms with Gasteiger partial charge in [-0.3, -0.25) is 14.7 Å². The van der Waals surface area contributed by atoms with Gasteiger partial charge in [0.2, 0.25) is 0 Å². The van der Waals surface area contributed by atoms with Crippen molar-refractivity contribution in [2.75, 3.05) is 31.9 Å². The minimum Gasteiger partial charge on any atom is -0.398 e. The van der Waals surface area contributed by atoms with E-state index >= 15 is 0 Å². The van der Waals surface area contributed by atoms with E-state index in [0.29, 0.717) is 11.3 Å². The Bertz CT molecular complexity index is 517. The number of nitrogens with zero attached hydrogens (tertiary/aromatic N) is 3. The fourth-order valence-corrected chi connectivity index (χ4v) is 3.49. The number of aromatic nitrogens is 1. The van der Waals surface area contributed by atoms with Gasteiger partial charge >= 0.3 is 0 Å². The van der Waals surface area contributed by atoms with E-state index in [1.807, 2.05) is 11.8 Å². The molecule has 5 nitrogen and oxygen atoms in total. The molecule has 1 aromatic rings. The van der Waals surface area contributed by atoms with Crippen molar-refractivity contribution in [1.29, 1.82) is 0 Å². The molecule has 5 heteroatoms. The van der Waals surface area contributed by atoms with Crippen molar-refractivity contribution in [3.63, 3.8) is 0 Å². The predicted octanol–water partition coefficient (Wildman–Crippen LogP) is 1.67.